The van der Waals surface area contributed by atoms with Gasteiger partial charge in [0.2, 0.25) is 0 Å². The maximum Gasteiger partial charge on any atom is 0.0894 e. The van der Waals surface area contributed by atoms with E-state index in [0.29, 0.717) is 103 Å². The third-order valence-corrected chi connectivity index (χ3v) is 12.8. The lowest BCUT2D eigenvalue weighted by Crippen LogP contribution is -2.51. The molecule has 2 saturated carbocycles. The smallest absolute Gasteiger partial charge is 0.0894 e. The molecule has 6 atom stereocenters. The lowest BCUT2D eigenvalue weighted by molar-refractivity contribution is -0.0476. The van der Waals surface area contributed by atoms with E-state index in [2.05, 4.69) is 70.2 Å². The number of ether oxygens (including phenoxy) is 6. The van der Waals surface area contributed by atoms with Crippen molar-refractivity contribution in [2.45, 2.75) is 64.2 Å². The van der Waals surface area contributed by atoms with Gasteiger partial charge >= 0.3 is 0 Å². The van der Waals surface area contributed by atoms with E-state index in [-0.39, 0.29) is 22.7 Å². The summed E-state index contributed by atoms with van der Waals surface area (Å²) in [5.74, 6) is 2.65. The number of pyridine rings is 3. The average Bonchev–Trinajstić information content (AvgIpc) is 3.12. The van der Waals surface area contributed by atoms with Crippen molar-refractivity contribution in [3.05, 3.63) is 65.0 Å². The zero-order valence-corrected chi connectivity index (χ0v) is 30.2. The average molecular weight is 684 g/mol. The lowest BCUT2D eigenvalue weighted by Gasteiger charge is -2.60. The third-order valence-electron chi connectivity index (χ3n) is 12.8. The molecular formula is C41H53N3O6. The number of hydrogen-bond donors (Lipinski definition) is 0. The molecule has 9 nitrogen and oxygen atoms in total. The molecule has 10 rings (SSSR count). The van der Waals surface area contributed by atoms with Gasteiger partial charge in [-0.1, -0.05) is 45.9 Å². The summed E-state index contributed by atoms with van der Waals surface area (Å²) < 4.78 is 35.4. The first-order valence-corrected chi connectivity index (χ1v) is 18.8. The second-order valence-electron chi connectivity index (χ2n) is 16.0. The van der Waals surface area contributed by atoms with Crippen LogP contribution in [0.1, 0.15) is 86.7 Å². The highest BCUT2D eigenvalue weighted by molar-refractivity contribution is 5.63. The minimum absolute atomic E-state index is 0.238. The van der Waals surface area contributed by atoms with Crippen LogP contribution in [0.3, 0.4) is 0 Å². The molecular weight excluding hydrogens is 630 g/mol. The van der Waals surface area contributed by atoms with Crippen molar-refractivity contribution in [3.8, 4) is 22.8 Å². The first kappa shape index (κ1) is 34.3. The lowest BCUT2D eigenvalue weighted by atomic mass is 9.45. The molecule has 0 N–H and O–H groups in total. The summed E-state index contributed by atoms with van der Waals surface area (Å²) in [4.78, 5) is 15.8. The number of rotatable bonds is 0. The first-order chi connectivity index (χ1) is 24.3. The molecule has 0 amide bonds. The molecule has 6 aliphatic carbocycles. The van der Waals surface area contributed by atoms with Crippen LogP contribution >= 0.6 is 0 Å². The molecule has 268 valence electrons. The first-order valence-electron chi connectivity index (χ1n) is 18.8. The fourth-order valence-corrected chi connectivity index (χ4v) is 9.69. The zero-order valence-electron chi connectivity index (χ0n) is 30.2. The highest BCUT2D eigenvalue weighted by Gasteiger charge is 2.58. The summed E-state index contributed by atoms with van der Waals surface area (Å²) in [6.45, 7) is 16.3. The Balaban J connectivity index is 1.06. The van der Waals surface area contributed by atoms with E-state index in [4.69, 9.17) is 43.4 Å². The highest BCUT2D eigenvalue weighted by atomic mass is 16.6. The van der Waals surface area contributed by atoms with Crippen molar-refractivity contribution in [2.75, 3.05) is 79.3 Å². The van der Waals surface area contributed by atoms with E-state index in [0.717, 1.165) is 22.8 Å². The van der Waals surface area contributed by atoms with Gasteiger partial charge in [-0.2, -0.15) is 0 Å². The van der Waals surface area contributed by atoms with Gasteiger partial charge in [0.1, 0.15) is 0 Å². The van der Waals surface area contributed by atoms with E-state index in [1.165, 1.54) is 35.4 Å². The Morgan fingerprint density at radius 1 is 0.460 bits per heavy atom. The normalized spacial score (nSPS) is 31.1. The summed E-state index contributed by atoms with van der Waals surface area (Å²) in [7, 11) is 0. The van der Waals surface area contributed by atoms with Crippen molar-refractivity contribution < 1.29 is 28.4 Å². The standard InChI is InChI=1S/C41H53N3O6/c1-40(2)30-22-32(40)28-24-49-20-18-47-16-14-45-12-13-46-15-17-48-19-21-50-25-29-33-23-31(41(33,3)4)27-9-11-37(44-39(27)29)35-7-5-6-34(42-35)36-10-8-26(30)38(28)43-36/h5-11,28-33H,12-25H2,1-4H3/t28-,29-,30-,31-,32+,33+/m0/s1. The molecule has 0 saturated heterocycles. The Labute approximate surface area is 296 Å². The van der Waals surface area contributed by atoms with Crippen LogP contribution in [-0.2, 0) is 28.4 Å². The highest BCUT2D eigenvalue weighted by Crippen LogP contribution is 2.67. The van der Waals surface area contributed by atoms with Gasteiger partial charge in [0.05, 0.1) is 113 Å². The van der Waals surface area contributed by atoms with Crippen LogP contribution in [0.25, 0.3) is 22.8 Å². The predicted molar refractivity (Wildman–Crippen MR) is 190 cm³/mol. The van der Waals surface area contributed by atoms with Crippen LogP contribution in [0, 0.1) is 22.7 Å². The topological polar surface area (TPSA) is 94.1 Å². The van der Waals surface area contributed by atoms with Gasteiger partial charge in [-0.3, -0.25) is 9.97 Å². The quantitative estimate of drug-likeness (QED) is 0.255. The van der Waals surface area contributed by atoms with Gasteiger partial charge in [0.25, 0.3) is 0 Å². The Morgan fingerprint density at radius 3 is 1.20 bits per heavy atom. The fourth-order valence-electron chi connectivity index (χ4n) is 9.69. The molecule has 2 fully saturated rings. The maximum absolute atomic E-state index is 6.25. The number of nitrogens with zero attached hydrogens (tertiary/aromatic N) is 3. The molecule has 10 bridgehead atoms. The Bertz CT molecular complexity index is 1540. The number of fused-ring (bicyclic) bond motifs is 6. The summed E-state index contributed by atoms with van der Waals surface area (Å²) in [5, 5.41) is 0. The minimum Gasteiger partial charge on any atom is -0.378 e. The molecule has 0 radical (unpaired) electrons. The molecule has 50 heavy (non-hydrogen) atoms. The summed E-state index contributed by atoms with van der Waals surface area (Å²) >= 11 is 0. The molecule has 3 aromatic heterocycles. The van der Waals surface area contributed by atoms with Gasteiger partial charge in [0.15, 0.2) is 0 Å². The maximum atomic E-state index is 6.25. The fraction of sp³-hybridized carbons (Fsp3) is 0.634. The van der Waals surface area contributed by atoms with Gasteiger partial charge in [-0.25, -0.2) is 4.98 Å². The Kier molecular flexibility index (Phi) is 9.83. The van der Waals surface area contributed by atoms with Gasteiger partial charge in [0, 0.05) is 11.8 Å². The van der Waals surface area contributed by atoms with Crippen molar-refractivity contribution in [2.24, 2.45) is 22.7 Å². The second kappa shape index (κ2) is 14.3. The van der Waals surface area contributed by atoms with E-state index in [9.17, 15) is 0 Å². The molecule has 0 aromatic carbocycles. The summed E-state index contributed by atoms with van der Waals surface area (Å²) in [6.07, 6.45) is 2.39. The Hall–Kier alpha value is -2.79. The second-order valence-corrected chi connectivity index (χ2v) is 16.0. The SMILES string of the molecule is CC1(C)[C@@H]2C[C@H]1c1ccc3nc1[C@H]2COCCOCCOCCOCCOCCOC[C@@H]1c2nc(ccc2[C@@H]2C[C@H]1C2(C)C)-c1cccc-3n1. The van der Waals surface area contributed by atoms with Crippen LogP contribution in [0.2, 0.25) is 0 Å². The Morgan fingerprint density at radius 2 is 0.820 bits per heavy atom. The zero-order chi connectivity index (χ0) is 34.3. The van der Waals surface area contributed by atoms with E-state index in [1.54, 1.807) is 0 Å². The summed E-state index contributed by atoms with van der Waals surface area (Å²) in [5.41, 5.74) is 9.13. The van der Waals surface area contributed by atoms with Crippen molar-refractivity contribution in [1.29, 1.82) is 0 Å². The van der Waals surface area contributed by atoms with Gasteiger partial charge in [-0.05, 0) is 82.7 Å². The monoisotopic (exact) mass is 683 g/mol. The van der Waals surface area contributed by atoms with Crippen LogP contribution in [0.15, 0.2) is 42.5 Å². The van der Waals surface area contributed by atoms with Crippen LogP contribution in [-0.4, -0.2) is 94.2 Å². The number of aromatic nitrogens is 3. The molecule has 9 heteroatoms. The molecule has 0 unspecified atom stereocenters. The third kappa shape index (κ3) is 6.32. The van der Waals surface area contributed by atoms with Crippen molar-refractivity contribution in [1.82, 2.24) is 15.0 Å². The molecule has 7 aliphatic rings. The van der Waals surface area contributed by atoms with E-state index < -0.39 is 0 Å². The van der Waals surface area contributed by atoms with E-state index in [1.807, 2.05) is 0 Å². The van der Waals surface area contributed by atoms with Crippen molar-refractivity contribution in [3.63, 3.8) is 0 Å². The molecule has 4 heterocycles. The number of hydrogen-bond acceptors (Lipinski definition) is 9. The van der Waals surface area contributed by atoms with Crippen molar-refractivity contribution >= 4 is 0 Å². The molecule has 0 spiro atoms. The van der Waals surface area contributed by atoms with Gasteiger partial charge in [-0.15, -0.1) is 0 Å². The van der Waals surface area contributed by atoms with Crippen LogP contribution in [0.4, 0.5) is 0 Å². The van der Waals surface area contributed by atoms with Gasteiger partial charge < -0.3 is 28.4 Å². The van der Waals surface area contributed by atoms with E-state index >= 15 is 0 Å². The predicted octanol–water partition coefficient (Wildman–Crippen LogP) is 6.77. The molecule has 3 aromatic rings. The summed E-state index contributed by atoms with van der Waals surface area (Å²) in [6, 6.07) is 15.1. The molecule has 1 aliphatic heterocycles. The minimum atomic E-state index is 0.238. The van der Waals surface area contributed by atoms with Crippen LogP contribution < -0.4 is 0 Å². The van der Waals surface area contributed by atoms with Crippen LogP contribution in [0.5, 0.6) is 0 Å². The largest absolute Gasteiger partial charge is 0.378 e.